The zero-order valence-electron chi connectivity index (χ0n) is 19.3. The Morgan fingerprint density at radius 1 is 1.29 bits per heavy atom. The van der Waals surface area contributed by atoms with Gasteiger partial charge >= 0.3 is 0 Å². The molecule has 0 bridgehead atoms. The molecule has 3 aromatic rings. The van der Waals surface area contributed by atoms with Crippen LogP contribution in [-0.4, -0.2) is 72.6 Å². The number of carbonyl (C=O) groups excluding carboxylic acids is 1. The van der Waals surface area contributed by atoms with Crippen molar-refractivity contribution < 1.29 is 18.7 Å². The van der Waals surface area contributed by atoms with Gasteiger partial charge in [0, 0.05) is 24.4 Å². The Kier molecular flexibility index (Phi) is 7.33. The summed E-state index contributed by atoms with van der Waals surface area (Å²) in [7, 11) is 5.33. The number of benzene rings is 2. The van der Waals surface area contributed by atoms with E-state index < -0.39 is 5.82 Å². The molecule has 10 heteroatoms. The van der Waals surface area contributed by atoms with E-state index in [1.807, 2.05) is 23.9 Å². The number of halogens is 2. The second-order valence-corrected chi connectivity index (χ2v) is 8.83. The van der Waals surface area contributed by atoms with Gasteiger partial charge < -0.3 is 24.6 Å². The van der Waals surface area contributed by atoms with Crippen molar-refractivity contribution in [2.45, 2.75) is 18.9 Å². The molecule has 1 aromatic heterocycles. The molecule has 1 amide bonds. The van der Waals surface area contributed by atoms with Crippen LogP contribution in [0.2, 0.25) is 5.02 Å². The average Bonchev–Trinajstić information content (AvgIpc) is 3.28. The Hall–Kier alpha value is -3.17. The quantitative estimate of drug-likeness (QED) is 0.512. The maximum absolute atomic E-state index is 13.6. The van der Waals surface area contributed by atoms with Crippen LogP contribution in [0.5, 0.6) is 11.5 Å². The Bertz CT molecular complexity index is 1190. The number of hydrogen-bond donors (Lipinski definition) is 1. The summed E-state index contributed by atoms with van der Waals surface area (Å²) >= 11 is 5.94. The van der Waals surface area contributed by atoms with Gasteiger partial charge in [0.25, 0.3) is 0 Å². The molecule has 0 unspecified atom stereocenters. The van der Waals surface area contributed by atoms with Crippen molar-refractivity contribution in [2.75, 3.05) is 46.2 Å². The average molecular weight is 488 g/mol. The van der Waals surface area contributed by atoms with Crippen molar-refractivity contribution in [3.05, 3.63) is 47.5 Å². The molecule has 1 fully saturated rings. The third-order valence-electron chi connectivity index (χ3n) is 5.67. The first kappa shape index (κ1) is 24.0. The van der Waals surface area contributed by atoms with E-state index in [2.05, 4.69) is 15.3 Å². The molecular formula is C24H27ClFN5O3. The fourth-order valence-electron chi connectivity index (χ4n) is 4.05. The van der Waals surface area contributed by atoms with Crippen LogP contribution in [0.3, 0.4) is 0 Å². The summed E-state index contributed by atoms with van der Waals surface area (Å²) in [6.07, 6.45) is 3.24. The molecule has 8 nitrogen and oxygen atoms in total. The van der Waals surface area contributed by atoms with Gasteiger partial charge in [0.05, 0.1) is 35.6 Å². The Morgan fingerprint density at radius 2 is 2.12 bits per heavy atom. The molecule has 1 N–H and O–H groups in total. The molecule has 0 spiro atoms. The zero-order valence-corrected chi connectivity index (χ0v) is 20.1. The number of hydrogen-bond acceptors (Lipinski definition) is 7. The van der Waals surface area contributed by atoms with Gasteiger partial charge in [-0.1, -0.05) is 11.6 Å². The van der Waals surface area contributed by atoms with Gasteiger partial charge in [0.2, 0.25) is 5.91 Å². The molecule has 0 saturated carbocycles. The van der Waals surface area contributed by atoms with E-state index in [9.17, 15) is 9.18 Å². The van der Waals surface area contributed by atoms with Crippen LogP contribution in [0.25, 0.3) is 10.9 Å². The summed E-state index contributed by atoms with van der Waals surface area (Å²) in [6, 6.07) is 7.89. The molecule has 2 aromatic carbocycles. The van der Waals surface area contributed by atoms with E-state index in [4.69, 9.17) is 21.1 Å². The predicted molar refractivity (Wildman–Crippen MR) is 130 cm³/mol. The standard InChI is InChI=1S/C24H27ClFN5O3/c1-30(2)12-22(32)31-8-4-5-16(31)13-34-21-11-17(33-3)10-20-23(21)24(28-14-27-20)29-15-6-7-19(26)18(25)9-15/h6-7,9-11,14,16H,4-5,8,12-13H2,1-3H3,(H,27,28,29)/t16-/m1/s1. The zero-order chi connectivity index (χ0) is 24.2. The Balaban J connectivity index is 1.63. The number of aromatic nitrogens is 2. The number of ether oxygens (including phenoxy) is 2. The van der Waals surface area contributed by atoms with Crippen LogP contribution in [0, 0.1) is 5.82 Å². The molecule has 34 heavy (non-hydrogen) atoms. The van der Waals surface area contributed by atoms with E-state index in [-0.39, 0.29) is 17.0 Å². The summed E-state index contributed by atoms with van der Waals surface area (Å²) in [6.45, 7) is 1.42. The summed E-state index contributed by atoms with van der Waals surface area (Å²) < 4.78 is 25.3. The highest BCUT2D eigenvalue weighted by molar-refractivity contribution is 6.31. The SMILES string of the molecule is COc1cc(OC[C@H]2CCCN2C(=O)CN(C)C)c2c(Nc3ccc(F)c(Cl)c3)ncnc2c1. The molecule has 1 aliphatic heterocycles. The molecular weight excluding hydrogens is 461 g/mol. The van der Waals surface area contributed by atoms with Gasteiger partial charge in [-0.15, -0.1) is 0 Å². The third-order valence-corrected chi connectivity index (χ3v) is 5.96. The first-order chi connectivity index (χ1) is 16.4. The minimum absolute atomic E-state index is 0.00483. The number of fused-ring (bicyclic) bond motifs is 1. The normalized spacial score (nSPS) is 15.7. The fourth-order valence-corrected chi connectivity index (χ4v) is 4.23. The monoisotopic (exact) mass is 487 g/mol. The van der Waals surface area contributed by atoms with Crippen molar-refractivity contribution in [3.8, 4) is 11.5 Å². The molecule has 0 radical (unpaired) electrons. The molecule has 1 saturated heterocycles. The maximum Gasteiger partial charge on any atom is 0.237 e. The number of nitrogens with one attached hydrogen (secondary N) is 1. The first-order valence-corrected chi connectivity index (χ1v) is 11.4. The van der Waals surface area contributed by atoms with Crippen molar-refractivity contribution in [1.82, 2.24) is 19.8 Å². The van der Waals surface area contributed by atoms with Crippen LogP contribution < -0.4 is 14.8 Å². The number of rotatable bonds is 8. The number of amides is 1. The molecule has 0 aliphatic carbocycles. The summed E-state index contributed by atoms with van der Waals surface area (Å²) in [5.74, 6) is 1.18. The highest BCUT2D eigenvalue weighted by atomic mass is 35.5. The van der Waals surface area contributed by atoms with Crippen LogP contribution in [0.15, 0.2) is 36.7 Å². The van der Waals surface area contributed by atoms with Gasteiger partial charge in [-0.05, 0) is 45.1 Å². The maximum atomic E-state index is 13.6. The minimum atomic E-state index is -0.501. The third kappa shape index (κ3) is 5.31. The highest BCUT2D eigenvalue weighted by Gasteiger charge is 2.29. The minimum Gasteiger partial charge on any atom is -0.497 e. The summed E-state index contributed by atoms with van der Waals surface area (Å²) in [4.78, 5) is 25.1. The van der Waals surface area contributed by atoms with Crippen molar-refractivity contribution in [2.24, 2.45) is 0 Å². The van der Waals surface area contributed by atoms with Gasteiger partial charge in [-0.25, -0.2) is 14.4 Å². The van der Waals surface area contributed by atoms with Crippen LogP contribution in [-0.2, 0) is 4.79 Å². The van der Waals surface area contributed by atoms with Crippen molar-refractivity contribution >= 4 is 39.9 Å². The lowest BCUT2D eigenvalue weighted by molar-refractivity contribution is -0.133. The van der Waals surface area contributed by atoms with Crippen molar-refractivity contribution in [1.29, 1.82) is 0 Å². The summed E-state index contributed by atoms with van der Waals surface area (Å²) in [5, 5.41) is 3.83. The van der Waals surface area contributed by atoms with Crippen LogP contribution in [0.1, 0.15) is 12.8 Å². The van der Waals surface area contributed by atoms with E-state index in [1.165, 1.54) is 18.5 Å². The Morgan fingerprint density at radius 3 is 2.85 bits per heavy atom. The van der Waals surface area contributed by atoms with Gasteiger partial charge in [0.1, 0.15) is 36.1 Å². The largest absolute Gasteiger partial charge is 0.497 e. The lowest BCUT2D eigenvalue weighted by Crippen LogP contribution is -2.43. The van der Waals surface area contributed by atoms with E-state index >= 15 is 0 Å². The number of anilines is 2. The lowest BCUT2D eigenvalue weighted by atomic mass is 10.2. The van der Waals surface area contributed by atoms with Gasteiger partial charge in [0.15, 0.2) is 0 Å². The van der Waals surface area contributed by atoms with Gasteiger partial charge in [-0.2, -0.15) is 0 Å². The van der Waals surface area contributed by atoms with E-state index in [1.54, 1.807) is 25.3 Å². The number of likely N-dealkylation sites (N-methyl/N-ethyl adjacent to an activating group) is 1. The smallest absolute Gasteiger partial charge is 0.237 e. The van der Waals surface area contributed by atoms with Crippen molar-refractivity contribution in [3.63, 3.8) is 0 Å². The van der Waals surface area contributed by atoms with E-state index in [0.29, 0.717) is 47.1 Å². The van der Waals surface area contributed by atoms with Crippen LogP contribution in [0.4, 0.5) is 15.9 Å². The second kappa shape index (κ2) is 10.4. The topological polar surface area (TPSA) is 79.8 Å². The number of nitrogens with zero attached hydrogens (tertiary/aromatic N) is 4. The number of methoxy groups -OCH3 is 1. The lowest BCUT2D eigenvalue weighted by Gasteiger charge is -2.26. The second-order valence-electron chi connectivity index (χ2n) is 8.43. The van der Waals surface area contributed by atoms with E-state index in [0.717, 1.165) is 19.4 Å². The predicted octanol–water partition coefficient (Wildman–Crippen LogP) is 4.11. The molecule has 180 valence electrons. The summed E-state index contributed by atoms with van der Waals surface area (Å²) in [5.41, 5.74) is 1.19. The fraction of sp³-hybridized carbons (Fsp3) is 0.375. The highest BCUT2D eigenvalue weighted by Crippen LogP contribution is 2.36. The Labute approximate surface area is 202 Å². The molecule has 1 aliphatic rings. The number of likely N-dealkylation sites (tertiary alicyclic amines) is 1. The van der Waals surface area contributed by atoms with Gasteiger partial charge in [-0.3, -0.25) is 4.79 Å². The molecule has 1 atom stereocenters. The number of carbonyl (C=O) groups is 1. The van der Waals surface area contributed by atoms with Crippen LogP contribution >= 0.6 is 11.6 Å². The molecule has 2 heterocycles. The molecule has 4 rings (SSSR count). The first-order valence-electron chi connectivity index (χ1n) is 11.0.